The molecule has 1 aromatic carbocycles. The Morgan fingerprint density at radius 2 is 1.93 bits per heavy atom. The molecule has 2 aromatic heterocycles. The molecule has 28 heavy (non-hydrogen) atoms. The van der Waals surface area contributed by atoms with Crippen molar-refractivity contribution in [2.45, 2.75) is 33.8 Å². The standard InChI is InChI=1S/C20H21N3O3S2/c1-11-6-5-7-16(12(11)2)26-14(4)18(24)22-23-19(25)17-13(3)21-20(28-17)15-8-9-27-10-15/h5-10,14H,1-4H3,(H,22,24)(H,23,25). The van der Waals surface area contributed by atoms with Crippen LogP contribution in [0, 0.1) is 20.8 Å². The van der Waals surface area contributed by atoms with Crippen LogP contribution in [-0.4, -0.2) is 22.9 Å². The van der Waals surface area contributed by atoms with Gasteiger partial charge >= 0.3 is 0 Å². The van der Waals surface area contributed by atoms with Gasteiger partial charge in [-0.2, -0.15) is 11.3 Å². The van der Waals surface area contributed by atoms with E-state index in [9.17, 15) is 9.59 Å². The Bertz CT molecular complexity index is 996. The molecule has 8 heteroatoms. The topological polar surface area (TPSA) is 80.3 Å². The molecule has 0 fully saturated rings. The zero-order valence-electron chi connectivity index (χ0n) is 16.0. The van der Waals surface area contributed by atoms with Crippen LogP contribution in [-0.2, 0) is 4.79 Å². The molecule has 1 unspecified atom stereocenters. The zero-order chi connectivity index (χ0) is 20.3. The maximum atomic E-state index is 12.4. The third-order valence-electron chi connectivity index (χ3n) is 4.30. The van der Waals surface area contributed by atoms with Crippen molar-refractivity contribution in [3.63, 3.8) is 0 Å². The predicted molar refractivity (Wildman–Crippen MR) is 112 cm³/mol. The smallest absolute Gasteiger partial charge is 0.281 e. The van der Waals surface area contributed by atoms with Crippen LogP contribution in [0.15, 0.2) is 35.0 Å². The first-order chi connectivity index (χ1) is 13.4. The number of thiazole rings is 1. The second-order valence-corrected chi connectivity index (χ2v) is 8.13. The van der Waals surface area contributed by atoms with E-state index < -0.39 is 17.9 Å². The van der Waals surface area contributed by atoms with Gasteiger partial charge in [0.1, 0.15) is 15.6 Å². The van der Waals surface area contributed by atoms with Crippen LogP contribution in [0.25, 0.3) is 10.6 Å². The molecule has 0 radical (unpaired) electrons. The first-order valence-electron chi connectivity index (χ1n) is 8.70. The van der Waals surface area contributed by atoms with Crippen molar-refractivity contribution >= 4 is 34.5 Å². The number of carbonyl (C=O) groups is 2. The Morgan fingerprint density at radius 3 is 2.64 bits per heavy atom. The third-order valence-corrected chi connectivity index (χ3v) is 6.19. The number of carbonyl (C=O) groups excluding carboxylic acids is 2. The van der Waals surface area contributed by atoms with Crippen molar-refractivity contribution in [2.75, 3.05) is 0 Å². The van der Waals surface area contributed by atoms with E-state index in [1.807, 2.05) is 48.9 Å². The molecule has 146 valence electrons. The summed E-state index contributed by atoms with van der Waals surface area (Å²) in [7, 11) is 0. The molecule has 0 spiro atoms. The molecule has 6 nitrogen and oxygen atoms in total. The molecule has 0 aliphatic carbocycles. The van der Waals surface area contributed by atoms with E-state index in [0.29, 0.717) is 16.3 Å². The molecule has 2 N–H and O–H groups in total. The number of hydrazine groups is 1. The molecule has 0 saturated carbocycles. The lowest BCUT2D eigenvalue weighted by Gasteiger charge is -2.17. The second-order valence-electron chi connectivity index (χ2n) is 6.35. The number of aryl methyl sites for hydroxylation is 2. The lowest BCUT2D eigenvalue weighted by Crippen LogP contribution is -2.47. The lowest BCUT2D eigenvalue weighted by molar-refractivity contribution is -0.128. The van der Waals surface area contributed by atoms with Gasteiger partial charge in [-0.3, -0.25) is 20.4 Å². The predicted octanol–water partition coefficient (Wildman–Crippen LogP) is 4.03. The molecule has 1 atom stereocenters. The van der Waals surface area contributed by atoms with E-state index in [1.165, 1.54) is 11.3 Å². The number of thiophene rings is 1. The van der Waals surface area contributed by atoms with E-state index >= 15 is 0 Å². The summed E-state index contributed by atoms with van der Waals surface area (Å²) < 4.78 is 5.73. The number of rotatable bonds is 5. The van der Waals surface area contributed by atoms with Crippen LogP contribution < -0.4 is 15.6 Å². The maximum Gasteiger partial charge on any atom is 0.281 e. The van der Waals surface area contributed by atoms with Gasteiger partial charge in [0.25, 0.3) is 11.8 Å². The van der Waals surface area contributed by atoms with Gasteiger partial charge in [-0.05, 0) is 56.3 Å². The Labute approximate surface area is 171 Å². The fraction of sp³-hybridized carbons (Fsp3) is 0.250. The van der Waals surface area contributed by atoms with Gasteiger partial charge in [0.15, 0.2) is 6.10 Å². The number of benzene rings is 1. The number of ether oxygens (including phenoxy) is 1. The van der Waals surface area contributed by atoms with Crippen LogP contribution >= 0.6 is 22.7 Å². The highest BCUT2D eigenvalue weighted by atomic mass is 32.1. The number of aromatic nitrogens is 1. The van der Waals surface area contributed by atoms with Crippen molar-refractivity contribution in [1.82, 2.24) is 15.8 Å². The molecule has 0 saturated heterocycles. The Hall–Kier alpha value is -2.71. The van der Waals surface area contributed by atoms with Gasteiger partial charge in [0.05, 0.1) is 5.69 Å². The van der Waals surface area contributed by atoms with Crippen LogP contribution in [0.2, 0.25) is 0 Å². The fourth-order valence-electron chi connectivity index (χ4n) is 2.49. The number of nitrogens with one attached hydrogen (secondary N) is 2. The van der Waals surface area contributed by atoms with E-state index in [4.69, 9.17) is 4.74 Å². The molecule has 0 aliphatic rings. The average molecular weight is 416 g/mol. The van der Waals surface area contributed by atoms with Crippen molar-refractivity contribution < 1.29 is 14.3 Å². The Morgan fingerprint density at radius 1 is 1.14 bits per heavy atom. The quantitative estimate of drug-likeness (QED) is 0.617. The summed E-state index contributed by atoms with van der Waals surface area (Å²) in [4.78, 5) is 29.6. The highest BCUT2D eigenvalue weighted by molar-refractivity contribution is 7.17. The molecule has 2 amide bonds. The molecular weight excluding hydrogens is 394 g/mol. The summed E-state index contributed by atoms with van der Waals surface area (Å²) in [6, 6.07) is 7.63. The summed E-state index contributed by atoms with van der Waals surface area (Å²) in [5.74, 6) is -0.189. The fourth-order valence-corrected chi connectivity index (χ4v) is 4.16. The Balaban J connectivity index is 1.59. The largest absolute Gasteiger partial charge is 0.481 e. The van der Waals surface area contributed by atoms with Crippen molar-refractivity contribution in [3.05, 3.63) is 56.7 Å². The molecule has 3 rings (SSSR count). The Kier molecular flexibility index (Phi) is 6.11. The normalized spacial score (nSPS) is 11.7. The molecule has 0 aliphatic heterocycles. The first-order valence-corrected chi connectivity index (χ1v) is 10.5. The summed E-state index contributed by atoms with van der Waals surface area (Å²) in [5.41, 5.74) is 8.54. The number of amides is 2. The second kappa shape index (κ2) is 8.53. The van der Waals surface area contributed by atoms with Crippen molar-refractivity contribution in [3.8, 4) is 16.3 Å². The summed E-state index contributed by atoms with van der Waals surface area (Å²) in [6.45, 7) is 7.33. The summed E-state index contributed by atoms with van der Waals surface area (Å²) >= 11 is 2.87. The SMILES string of the molecule is Cc1cccc(OC(C)C(=O)NNC(=O)c2sc(-c3ccsc3)nc2C)c1C. The minimum absolute atomic E-state index is 0.399. The minimum Gasteiger partial charge on any atom is -0.481 e. The van der Waals surface area contributed by atoms with Gasteiger partial charge in [-0.1, -0.05) is 12.1 Å². The highest BCUT2D eigenvalue weighted by Gasteiger charge is 2.20. The minimum atomic E-state index is -0.760. The van der Waals surface area contributed by atoms with Gasteiger partial charge < -0.3 is 4.74 Å². The molecule has 3 aromatic rings. The van der Waals surface area contributed by atoms with Crippen LogP contribution in [0.3, 0.4) is 0 Å². The molecule has 0 bridgehead atoms. The van der Waals surface area contributed by atoms with Crippen LogP contribution in [0.1, 0.15) is 33.4 Å². The monoisotopic (exact) mass is 415 g/mol. The van der Waals surface area contributed by atoms with Crippen LogP contribution in [0.5, 0.6) is 5.75 Å². The number of hydrogen-bond donors (Lipinski definition) is 2. The molecular formula is C20H21N3O3S2. The summed E-state index contributed by atoms with van der Waals surface area (Å²) in [6.07, 6.45) is -0.760. The zero-order valence-corrected chi connectivity index (χ0v) is 17.7. The lowest BCUT2D eigenvalue weighted by atomic mass is 10.1. The van der Waals surface area contributed by atoms with Gasteiger partial charge in [-0.25, -0.2) is 4.98 Å². The highest BCUT2D eigenvalue weighted by Crippen LogP contribution is 2.29. The van der Waals surface area contributed by atoms with E-state index in [1.54, 1.807) is 25.2 Å². The van der Waals surface area contributed by atoms with Gasteiger partial charge in [0, 0.05) is 10.9 Å². The van der Waals surface area contributed by atoms with E-state index in [2.05, 4.69) is 15.8 Å². The maximum absolute atomic E-state index is 12.4. The first kappa shape index (κ1) is 20.0. The van der Waals surface area contributed by atoms with Crippen molar-refractivity contribution in [2.24, 2.45) is 0 Å². The van der Waals surface area contributed by atoms with Gasteiger partial charge in [-0.15, -0.1) is 11.3 Å². The number of hydrogen-bond acceptors (Lipinski definition) is 6. The van der Waals surface area contributed by atoms with Crippen LogP contribution in [0.4, 0.5) is 0 Å². The van der Waals surface area contributed by atoms with E-state index in [0.717, 1.165) is 21.7 Å². The van der Waals surface area contributed by atoms with Crippen molar-refractivity contribution in [1.29, 1.82) is 0 Å². The van der Waals surface area contributed by atoms with E-state index in [-0.39, 0.29) is 0 Å². The van der Waals surface area contributed by atoms with Gasteiger partial charge in [0.2, 0.25) is 0 Å². The third kappa shape index (κ3) is 4.40. The average Bonchev–Trinajstić information content (AvgIpc) is 3.32. The number of nitrogens with zero attached hydrogens (tertiary/aromatic N) is 1. The molecule has 2 heterocycles. The summed E-state index contributed by atoms with van der Waals surface area (Å²) in [5, 5.41) is 4.72.